The molecule has 0 spiro atoms. The first-order valence-electron chi connectivity index (χ1n) is 6.08. The summed E-state index contributed by atoms with van der Waals surface area (Å²) in [5.41, 5.74) is 4.31. The number of nitrogens with two attached hydrogens (primary N) is 1. The van der Waals surface area contributed by atoms with E-state index >= 15 is 0 Å². The minimum atomic E-state index is 0.384. The Bertz CT molecular complexity index is 221. The van der Waals surface area contributed by atoms with E-state index in [1.807, 2.05) is 0 Å². The van der Waals surface area contributed by atoms with Crippen molar-refractivity contribution in [1.82, 2.24) is 5.43 Å². The van der Waals surface area contributed by atoms with E-state index in [4.69, 9.17) is 5.84 Å². The SMILES string of the molecule is C=C(CC)CC(NN)C1SCCSC1CC. The van der Waals surface area contributed by atoms with E-state index in [2.05, 4.69) is 49.4 Å². The summed E-state index contributed by atoms with van der Waals surface area (Å²) in [7, 11) is 0. The molecule has 3 N–H and O–H groups in total. The lowest BCUT2D eigenvalue weighted by Crippen LogP contribution is -2.48. The van der Waals surface area contributed by atoms with Crippen LogP contribution in [-0.4, -0.2) is 28.0 Å². The number of nitrogens with one attached hydrogen (secondary N) is 1. The first kappa shape index (κ1) is 14.4. The second-order valence-corrected chi connectivity index (χ2v) is 6.87. The van der Waals surface area contributed by atoms with E-state index in [9.17, 15) is 0 Å². The van der Waals surface area contributed by atoms with E-state index in [0.717, 1.165) is 18.1 Å². The van der Waals surface area contributed by atoms with Gasteiger partial charge in [0.1, 0.15) is 0 Å². The van der Waals surface area contributed by atoms with E-state index in [0.29, 0.717) is 11.3 Å². The molecule has 1 saturated heterocycles. The molecule has 1 fully saturated rings. The highest BCUT2D eigenvalue weighted by Gasteiger charge is 2.31. The smallest absolute Gasteiger partial charge is 0.0377 e. The Balaban J connectivity index is 2.58. The van der Waals surface area contributed by atoms with Crippen LogP contribution in [0, 0.1) is 0 Å². The van der Waals surface area contributed by atoms with Gasteiger partial charge in [0.05, 0.1) is 0 Å². The van der Waals surface area contributed by atoms with Gasteiger partial charge in [-0.15, -0.1) is 0 Å². The summed E-state index contributed by atoms with van der Waals surface area (Å²) in [5.74, 6) is 8.25. The summed E-state index contributed by atoms with van der Waals surface area (Å²) in [5, 5.41) is 1.38. The molecule has 2 nitrogen and oxygen atoms in total. The zero-order valence-corrected chi connectivity index (χ0v) is 12.0. The van der Waals surface area contributed by atoms with Gasteiger partial charge in [0.25, 0.3) is 0 Å². The van der Waals surface area contributed by atoms with Crippen LogP contribution in [0.25, 0.3) is 0 Å². The molecule has 0 aromatic heterocycles. The monoisotopic (exact) mass is 260 g/mol. The largest absolute Gasteiger partial charge is 0.271 e. The number of rotatable bonds is 6. The maximum Gasteiger partial charge on any atom is 0.0377 e. The predicted molar refractivity (Wildman–Crippen MR) is 77.9 cm³/mol. The Morgan fingerprint density at radius 1 is 1.44 bits per heavy atom. The number of hydrazine groups is 1. The van der Waals surface area contributed by atoms with E-state index in [-0.39, 0.29) is 0 Å². The quantitative estimate of drug-likeness (QED) is 0.437. The van der Waals surface area contributed by atoms with Crippen molar-refractivity contribution in [1.29, 1.82) is 0 Å². The topological polar surface area (TPSA) is 38.0 Å². The summed E-state index contributed by atoms with van der Waals surface area (Å²) in [6, 6.07) is 0.384. The Morgan fingerprint density at radius 3 is 2.69 bits per heavy atom. The number of thioether (sulfide) groups is 2. The van der Waals surface area contributed by atoms with Crippen molar-refractivity contribution in [3.63, 3.8) is 0 Å². The molecule has 4 heteroatoms. The van der Waals surface area contributed by atoms with Gasteiger partial charge in [0.2, 0.25) is 0 Å². The molecule has 0 amide bonds. The van der Waals surface area contributed by atoms with Crippen molar-refractivity contribution in [3.8, 4) is 0 Å². The van der Waals surface area contributed by atoms with Crippen molar-refractivity contribution >= 4 is 23.5 Å². The maximum atomic E-state index is 5.71. The normalized spacial score (nSPS) is 27.7. The van der Waals surface area contributed by atoms with Gasteiger partial charge < -0.3 is 0 Å². The van der Waals surface area contributed by atoms with Crippen LogP contribution in [0.5, 0.6) is 0 Å². The molecular formula is C12H24N2S2. The van der Waals surface area contributed by atoms with Crippen LogP contribution in [0.15, 0.2) is 12.2 Å². The van der Waals surface area contributed by atoms with Gasteiger partial charge in [0.15, 0.2) is 0 Å². The third kappa shape index (κ3) is 3.99. The molecule has 1 aliphatic heterocycles. The molecule has 3 atom stereocenters. The van der Waals surface area contributed by atoms with Gasteiger partial charge in [0, 0.05) is 28.0 Å². The Hall–Kier alpha value is 0.360. The number of hydrogen-bond donors (Lipinski definition) is 2. The molecule has 1 heterocycles. The van der Waals surface area contributed by atoms with Crippen molar-refractivity contribution in [3.05, 3.63) is 12.2 Å². The van der Waals surface area contributed by atoms with E-state index in [1.165, 1.54) is 23.5 Å². The molecule has 0 aromatic carbocycles. The highest BCUT2D eigenvalue weighted by atomic mass is 32.2. The third-order valence-corrected chi connectivity index (χ3v) is 6.52. The molecular weight excluding hydrogens is 236 g/mol. The minimum absolute atomic E-state index is 0.384. The summed E-state index contributed by atoms with van der Waals surface area (Å²) in [6.45, 7) is 8.53. The van der Waals surface area contributed by atoms with Gasteiger partial charge in [-0.1, -0.05) is 26.0 Å². The molecule has 0 radical (unpaired) electrons. The van der Waals surface area contributed by atoms with Crippen molar-refractivity contribution in [2.24, 2.45) is 5.84 Å². The predicted octanol–water partition coefficient (Wildman–Crippen LogP) is 2.80. The van der Waals surface area contributed by atoms with Crippen LogP contribution < -0.4 is 11.3 Å². The van der Waals surface area contributed by atoms with Crippen LogP contribution >= 0.6 is 23.5 Å². The maximum absolute atomic E-state index is 5.71. The molecule has 0 aliphatic carbocycles. The summed E-state index contributed by atoms with van der Waals surface area (Å²) >= 11 is 4.18. The highest BCUT2D eigenvalue weighted by molar-refractivity contribution is 8.07. The van der Waals surface area contributed by atoms with Gasteiger partial charge in [-0.3, -0.25) is 11.3 Å². The standard InChI is InChI=1S/C12H24N2S2/c1-4-9(3)8-10(14-13)12-11(5-2)15-6-7-16-12/h10-12,14H,3-8,13H2,1-2H3. The Kier molecular flexibility index (Phi) is 6.89. The van der Waals surface area contributed by atoms with Crippen LogP contribution in [-0.2, 0) is 0 Å². The molecule has 16 heavy (non-hydrogen) atoms. The number of hydrogen-bond acceptors (Lipinski definition) is 4. The second kappa shape index (κ2) is 7.64. The zero-order chi connectivity index (χ0) is 12.0. The van der Waals surface area contributed by atoms with E-state index < -0.39 is 0 Å². The average molecular weight is 260 g/mol. The van der Waals surface area contributed by atoms with Crippen LogP contribution in [0.3, 0.4) is 0 Å². The molecule has 94 valence electrons. The highest BCUT2D eigenvalue weighted by Crippen LogP contribution is 2.36. The fourth-order valence-corrected chi connectivity index (χ4v) is 5.28. The van der Waals surface area contributed by atoms with E-state index in [1.54, 1.807) is 0 Å². The van der Waals surface area contributed by atoms with Gasteiger partial charge in [-0.2, -0.15) is 23.5 Å². The Labute approximate surface area is 108 Å². The van der Waals surface area contributed by atoms with Crippen molar-refractivity contribution < 1.29 is 0 Å². The molecule has 0 bridgehead atoms. The van der Waals surface area contributed by atoms with Crippen LogP contribution in [0.2, 0.25) is 0 Å². The second-order valence-electron chi connectivity index (χ2n) is 4.23. The lowest BCUT2D eigenvalue weighted by Gasteiger charge is -2.35. The third-order valence-electron chi connectivity index (χ3n) is 3.11. The average Bonchev–Trinajstić information content (AvgIpc) is 2.35. The molecule has 1 aliphatic rings. The zero-order valence-electron chi connectivity index (χ0n) is 10.4. The lowest BCUT2D eigenvalue weighted by molar-refractivity contribution is 0.486. The molecule has 0 saturated carbocycles. The van der Waals surface area contributed by atoms with Gasteiger partial charge >= 0.3 is 0 Å². The fourth-order valence-electron chi connectivity index (χ4n) is 2.04. The molecule has 0 aromatic rings. The molecule has 1 rings (SSSR count). The summed E-state index contributed by atoms with van der Waals surface area (Å²) in [4.78, 5) is 0. The summed E-state index contributed by atoms with van der Waals surface area (Å²) < 4.78 is 0. The fraction of sp³-hybridized carbons (Fsp3) is 0.833. The van der Waals surface area contributed by atoms with Crippen molar-refractivity contribution in [2.75, 3.05) is 11.5 Å². The first-order chi connectivity index (χ1) is 7.72. The minimum Gasteiger partial charge on any atom is -0.271 e. The lowest BCUT2D eigenvalue weighted by atomic mass is 10.0. The Morgan fingerprint density at radius 2 is 2.12 bits per heavy atom. The van der Waals surface area contributed by atoms with Crippen molar-refractivity contribution in [2.45, 2.75) is 49.7 Å². The van der Waals surface area contributed by atoms with Gasteiger partial charge in [-0.25, -0.2) is 0 Å². The van der Waals surface area contributed by atoms with Crippen LogP contribution in [0.1, 0.15) is 33.1 Å². The summed E-state index contributed by atoms with van der Waals surface area (Å²) in [6.07, 6.45) is 3.31. The van der Waals surface area contributed by atoms with Crippen LogP contribution in [0.4, 0.5) is 0 Å². The van der Waals surface area contributed by atoms with Gasteiger partial charge in [-0.05, 0) is 19.3 Å². The first-order valence-corrected chi connectivity index (χ1v) is 8.18. The molecule has 3 unspecified atom stereocenters.